The van der Waals surface area contributed by atoms with Gasteiger partial charge in [0.2, 0.25) is 5.95 Å². The fourth-order valence-electron chi connectivity index (χ4n) is 2.56. The van der Waals surface area contributed by atoms with Gasteiger partial charge in [0, 0.05) is 18.4 Å². The number of hydrogen-bond acceptors (Lipinski definition) is 5. The molecule has 1 aliphatic heterocycles. The molecule has 2 heterocycles. The highest BCUT2D eigenvalue weighted by atomic mass is 79.9. The minimum absolute atomic E-state index is 0.419. The summed E-state index contributed by atoms with van der Waals surface area (Å²) in [6.07, 6.45) is 3.94. The maximum atomic E-state index is 5.40. The SMILES string of the molecule is Cc1ccc2c(c1)CCCN2c1nc(NN)ncc1Br. The van der Waals surface area contributed by atoms with Gasteiger partial charge in [0.15, 0.2) is 5.82 Å². The third-order valence-electron chi connectivity index (χ3n) is 3.46. The number of halogens is 1. The van der Waals surface area contributed by atoms with E-state index < -0.39 is 0 Å². The van der Waals surface area contributed by atoms with Crippen LogP contribution in [0.5, 0.6) is 0 Å². The first-order valence-electron chi connectivity index (χ1n) is 6.55. The highest BCUT2D eigenvalue weighted by molar-refractivity contribution is 9.10. The molecule has 3 rings (SSSR count). The van der Waals surface area contributed by atoms with Crippen molar-refractivity contribution < 1.29 is 0 Å². The second-order valence-electron chi connectivity index (χ2n) is 4.90. The Kier molecular flexibility index (Phi) is 3.58. The fraction of sp³-hybridized carbons (Fsp3) is 0.286. The second kappa shape index (κ2) is 5.38. The number of aromatic nitrogens is 2. The van der Waals surface area contributed by atoms with Crippen LogP contribution in [-0.2, 0) is 6.42 Å². The number of anilines is 3. The number of aryl methyl sites for hydroxylation is 2. The number of rotatable bonds is 2. The summed E-state index contributed by atoms with van der Waals surface area (Å²) in [5.41, 5.74) is 6.36. The largest absolute Gasteiger partial charge is 0.325 e. The van der Waals surface area contributed by atoms with Crippen LogP contribution in [-0.4, -0.2) is 16.5 Å². The van der Waals surface area contributed by atoms with Crippen molar-refractivity contribution in [2.45, 2.75) is 19.8 Å². The Labute approximate surface area is 126 Å². The summed E-state index contributed by atoms with van der Waals surface area (Å²) in [5.74, 6) is 6.67. The normalized spacial score (nSPS) is 14.1. The van der Waals surface area contributed by atoms with Crippen molar-refractivity contribution in [2.75, 3.05) is 16.9 Å². The molecular weight excluding hydrogens is 318 g/mol. The topological polar surface area (TPSA) is 67.1 Å². The van der Waals surface area contributed by atoms with Crippen molar-refractivity contribution >= 4 is 33.4 Å². The van der Waals surface area contributed by atoms with Crippen LogP contribution in [0, 0.1) is 6.92 Å². The van der Waals surface area contributed by atoms with Crippen LogP contribution in [0.15, 0.2) is 28.9 Å². The van der Waals surface area contributed by atoms with Crippen molar-refractivity contribution in [3.05, 3.63) is 40.0 Å². The molecule has 20 heavy (non-hydrogen) atoms. The van der Waals surface area contributed by atoms with Gasteiger partial charge in [-0.15, -0.1) is 0 Å². The van der Waals surface area contributed by atoms with Gasteiger partial charge < -0.3 is 4.90 Å². The monoisotopic (exact) mass is 333 g/mol. The summed E-state index contributed by atoms with van der Waals surface area (Å²) in [5, 5.41) is 0. The quantitative estimate of drug-likeness (QED) is 0.653. The molecule has 3 N–H and O–H groups in total. The van der Waals surface area contributed by atoms with E-state index in [9.17, 15) is 0 Å². The summed E-state index contributed by atoms with van der Waals surface area (Å²) < 4.78 is 0.866. The highest BCUT2D eigenvalue weighted by Gasteiger charge is 2.21. The number of nitrogens with one attached hydrogen (secondary N) is 1. The molecule has 0 saturated carbocycles. The molecule has 5 nitrogen and oxygen atoms in total. The predicted octanol–water partition coefficient (Wildman–Crippen LogP) is 2.92. The zero-order valence-corrected chi connectivity index (χ0v) is 12.8. The van der Waals surface area contributed by atoms with Gasteiger partial charge in [0.25, 0.3) is 0 Å². The van der Waals surface area contributed by atoms with Crippen LogP contribution in [0.4, 0.5) is 17.5 Å². The molecule has 0 aliphatic carbocycles. The van der Waals surface area contributed by atoms with Crippen LogP contribution in [0.25, 0.3) is 0 Å². The Balaban J connectivity index is 2.08. The molecule has 1 aromatic carbocycles. The second-order valence-corrected chi connectivity index (χ2v) is 5.75. The van der Waals surface area contributed by atoms with E-state index in [0.717, 1.165) is 29.7 Å². The molecule has 104 valence electrons. The van der Waals surface area contributed by atoms with E-state index in [0.29, 0.717) is 5.95 Å². The number of hydrogen-bond donors (Lipinski definition) is 2. The molecule has 1 aliphatic rings. The number of nitrogens with two attached hydrogens (primary N) is 1. The third kappa shape index (κ3) is 2.36. The smallest absolute Gasteiger partial charge is 0.239 e. The lowest BCUT2D eigenvalue weighted by atomic mass is 9.99. The lowest BCUT2D eigenvalue weighted by Gasteiger charge is -2.31. The van der Waals surface area contributed by atoms with Gasteiger partial charge in [-0.2, -0.15) is 4.98 Å². The van der Waals surface area contributed by atoms with E-state index in [4.69, 9.17) is 5.84 Å². The Morgan fingerprint density at radius 3 is 3.05 bits per heavy atom. The average Bonchev–Trinajstić information content (AvgIpc) is 2.47. The predicted molar refractivity (Wildman–Crippen MR) is 84.0 cm³/mol. The zero-order chi connectivity index (χ0) is 14.1. The van der Waals surface area contributed by atoms with Crippen molar-refractivity contribution in [3.8, 4) is 0 Å². The molecule has 1 aromatic heterocycles. The molecule has 0 saturated heterocycles. The zero-order valence-electron chi connectivity index (χ0n) is 11.2. The van der Waals surface area contributed by atoms with Gasteiger partial charge in [-0.05, 0) is 47.3 Å². The molecule has 0 spiro atoms. The van der Waals surface area contributed by atoms with Gasteiger partial charge in [0.1, 0.15) is 0 Å². The van der Waals surface area contributed by atoms with Gasteiger partial charge in [-0.3, -0.25) is 5.43 Å². The Hall–Kier alpha value is -1.66. The molecule has 0 fully saturated rings. The maximum Gasteiger partial charge on any atom is 0.239 e. The van der Waals surface area contributed by atoms with Crippen molar-refractivity contribution in [3.63, 3.8) is 0 Å². The van der Waals surface area contributed by atoms with Crippen LogP contribution in [0.3, 0.4) is 0 Å². The van der Waals surface area contributed by atoms with Crippen molar-refractivity contribution in [1.82, 2.24) is 9.97 Å². The van der Waals surface area contributed by atoms with E-state index in [1.54, 1.807) is 6.20 Å². The van der Waals surface area contributed by atoms with Crippen LogP contribution >= 0.6 is 15.9 Å². The summed E-state index contributed by atoms with van der Waals surface area (Å²) in [4.78, 5) is 10.8. The van der Waals surface area contributed by atoms with Gasteiger partial charge in [-0.25, -0.2) is 10.8 Å². The van der Waals surface area contributed by atoms with E-state index in [2.05, 4.69) is 61.3 Å². The summed E-state index contributed by atoms with van der Waals surface area (Å²) in [7, 11) is 0. The minimum Gasteiger partial charge on any atom is -0.325 e. The van der Waals surface area contributed by atoms with Crippen molar-refractivity contribution in [1.29, 1.82) is 0 Å². The Bertz CT molecular complexity index is 643. The van der Waals surface area contributed by atoms with E-state index in [1.165, 1.54) is 16.8 Å². The van der Waals surface area contributed by atoms with Crippen LogP contribution < -0.4 is 16.2 Å². The first-order chi connectivity index (χ1) is 9.69. The average molecular weight is 334 g/mol. The fourth-order valence-corrected chi connectivity index (χ4v) is 2.97. The van der Waals surface area contributed by atoms with Gasteiger partial charge >= 0.3 is 0 Å². The summed E-state index contributed by atoms with van der Waals surface area (Å²) >= 11 is 3.53. The molecule has 0 bridgehead atoms. The van der Waals surface area contributed by atoms with E-state index >= 15 is 0 Å². The first-order valence-corrected chi connectivity index (χ1v) is 7.34. The summed E-state index contributed by atoms with van der Waals surface area (Å²) in [6, 6.07) is 6.54. The minimum atomic E-state index is 0.419. The number of hydrazine groups is 1. The lowest BCUT2D eigenvalue weighted by molar-refractivity contribution is 0.756. The lowest BCUT2D eigenvalue weighted by Crippen LogP contribution is -2.26. The van der Waals surface area contributed by atoms with E-state index in [1.807, 2.05) is 0 Å². The number of nitrogen functional groups attached to an aromatic ring is 1. The van der Waals surface area contributed by atoms with Crippen LogP contribution in [0.1, 0.15) is 17.5 Å². The van der Waals surface area contributed by atoms with Gasteiger partial charge in [0.05, 0.1) is 4.47 Å². The molecule has 2 aromatic rings. The number of benzene rings is 1. The third-order valence-corrected chi connectivity index (χ3v) is 4.02. The molecule has 6 heteroatoms. The van der Waals surface area contributed by atoms with Crippen LogP contribution in [0.2, 0.25) is 0 Å². The molecule has 0 unspecified atom stereocenters. The van der Waals surface area contributed by atoms with Crippen molar-refractivity contribution in [2.24, 2.45) is 5.84 Å². The Morgan fingerprint density at radius 2 is 2.25 bits per heavy atom. The summed E-state index contributed by atoms with van der Waals surface area (Å²) in [6.45, 7) is 3.06. The highest BCUT2D eigenvalue weighted by Crippen LogP contribution is 2.36. The first kappa shape index (κ1) is 13.3. The number of fused-ring (bicyclic) bond motifs is 1. The standard InChI is InChI=1S/C14H16BrN5/c1-9-4-5-12-10(7-9)3-2-6-20(12)13-11(15)8-17-14(18-13)19-16/h4-5,7-8H,2-3,6,16H2,1H3,(H,17,18,19). The number of nitrogens with zero attached hydrogens (tertiary/aromatic N) is 3. The molecular formula is C14H16BrN5. The van der Waals surface area contributed by atoms with E-state index in [-0.39, 0.29) is 0 Å². The Morgan fingerprint density at radius 1 is 1.40 bits per heavy atom. The maximum absolute atomic E-state index is 5.40. The molecule has 0 radical (unpaired) electrons. The molecule has 0 amide bonds. The molecule has 0 atom stereocenters. The van der Waals surface area contributed by atoms with Gasteiger partial charge in [-0.1, -0.05) is 17.7 Å².